The SMILES string of the molecule is Cc1nn(C)c(C)c1-c1cc(C(=O)O)n2nc(C(=O)O)cc2n1. The van der Waals surface area contributed by atoms with Gasteiger partial charge in [0.2, 0.25) is 0 Å². The van der Waals surface area contributed by atoms with Gasteiger partial charge in [-0.25, -0.2) is 19.1 Å². The summed E-state index contributed by atoms with van der Waals surface area (Å²) in [6, 6.07) is 2.60. The zero-order chi connectivity index (χ0) is 16.9. The number of carboxylic acid groups (broad SMARTS) is 2. The first kappa shape index (κ1) is 14.7. The summed E-state index contributed by atoms with van der Waals surface area (Å²) in [6.45, 7) is 3.65. The molecule has 0 radical (unpaired) electrons. The van der Waals surface area contributed by atoms with Crippen LogP contribution in [0.2, 0.25) is 0 Å². The number of nitrogens with zero attached hydrogens (tertiary/aromatic N) is 5. The first-order valence-corrected chi connectivity index (χ1v) is 6.67. The fourth-order valence-electron chi connectivity index (χ4n) is 2.50. The number of aromatic nitrogens is 5. The van der Waals surface area contributed by atoms with E-state index in [2.05, 4.69) is 15.2 Å². The van der Waals surface area contributed by atoms with E-state index in [1.54, 1.807) is 18.7 Å². The second kappa shape index (κ2) is 4.90. The molecule has 9 nitrogen and oxygen atoms in total. The summed E-state index contributed by atoms with van der Waals surface area (Å²) in [5.41, 5.74) is 2.38. The molecule has 3 aromatic rings. The normalized spacial score (nSPS) is 11.1. The number of hydrogen-bond acceptors (Lipinski definition) is 5. The van der Waals surface area contributed by atoms with Crippen LogP contribution in [-0.4, -0.2) is 46.5 Å². The first-order chi connectivity index (χ1) is 10.8. The summed E-state index contributed by atoms with van der Waals surface area (Å²) < 4.78 is 2.69. The van der Waals surface area contributed by atoms with E-state index < -0.39 is 11.9 Å². The summed E-state index contributed by atoms with van der Waals surface area (Å²) in [5, 5.41) is 26.5. The second-order valence-electron chi connectivity index (χ2n) is 5.11. The molecule has 0 fully saturated rings. The van der Waals surface area contributed by atoms with E-state index in [0.29, 0.717) is 11.4 Å². The lowest BCUT2D eigenvalue weighted by molar-refractivity contribution is 0.0671. The minimum atomic E-state index is -1.25. The Balaban J connectivity index is 2.35. The molecule has 0 bridgehead atoms. The molecule has 0 aromatic carbocycles. The Labute approximate surface area is 129 Å². The molecule has 2 N–H and O–H groups in total. The topological polar surface area (TPSA) is 123 Å². The van der Waals surface area contributed by atoms with Crippen molar-refractivity contribution in [2.75, 3.05) is 0 Å². The summed E-state index contributed by atoms with van der Waals surface area (Å²) in [6.07, 6.45) is 0. The standard InChI is InChI=1S/C14H13N5O4/c1-6-12(7(2)18(3)16-6)8-4-10(14(22)23)19-11(15-8)5-9(17-19)13(20)21/h4-5H,1-3H3,(H,20,21)(H,22,23). The molecular weight excluding hydrogens is 302 g/mol. The first-order valence-electron chi connectivity index (χ1n) is 6.67. The number of hydrogen-bond donors (Lipinski definition) is 2. The van der Waals surface area contributed by atoms with Gasteiger partial charge in [0.05, 0.1) is 11.4 Å². The molecule has 0 saturated heterocycles. The zero-order valence-corrected chi connectivity index (χ0v) is 12.6. The average molecular weight is 315 g/mol. The maximum Gasteiger partial charge on any atom is 0.356 e. The smallest absolute Gasteiger partial charge is 0.356 e. The Morgan fingerprint density at radius 3 is 2.30 bits per heavy atom. The van der Waals surface area contributed by atoms with Gasteiger partial charge in [-0.1, -0.05) is 0 Å². The second-order valence-corrected chi connectivity index (χ2v) is 5.11. The van der Waals surface area contributed by atoms with Crippen molar-refractivity contribution in [3.63, 3.8) is 0 Å². The number of aryl methyl sites for hydroxylation is 2. The fourth-order valence-corrected chi connectivity index (χ4v) is 2.50. The summed E-state index contributed by atoms with van der Waals surface area (Å²) in [7, 11) is 1.78. The lowest BCUT2D eigenvalue weighted by Gasteiger charge is -2.05. The summed E-state index contributed by atoms with van der Waals surface area (Å²) in [4.78, 5) is 26.9. The zero-order valence-electron chi connectivity index (χ0n) is 12.6. The van der Waals surface area contributed by atoms with Crippen LogP contribution >= 0.6 is 0 Å². The van der Waals surface area contributed by atoms with Gasteiger partial charge in [0.1, 0.15) is 0 Å². The lowest BCUT2D eigenvalue weighted by Crippen LogP contribution is -2.09. The minimum Gasteiger partial charge on any atom is -0.477 e. The Morgan fingerprint density at radius 2 is 1.78 bits per heavy atom. The van der Waals surface area contributed by atoms with Gasteiger partial charge in [0.15, 0.2) is 17.0 Å². The molecular formula is C14H13N5O4. The molecule has 3 heterocycles. The van der Waals surface area contributed by atoms with Crippen LogP contribution in [-0.2, 0) is 7.05 Å². The van der Waals surface area contributed by atoms with E-state index >= 15 is 0 Å². The van der Waals surface area contributed by atoms with E-state index in [0.717, 1.165) is 15.8 Å². The van der Waals surface area contributed by atoms with Crippen molar-refractivity contribution >= 4 is 17.6 Å². The maximum atomic E-state index is 11.5. The Kier molecular flexibility index (Phi) is 3.13. The van der Waals surface area contributed by atoms with E-state index in [-0.39, 0.29) is 17.0 Å². The van der Waals surface area contributed by atoms with Gasteiger partial charge in [0.25, 0.3) is 0 Å². The van der Waals surface area contributed by atoms with Crippen molar-refractivity contribution in [3.8, 4) is 11.3 Å². The Bertz CT molecular complexity index is 969. The molecule has 0 atom stereocenters. The molecule has 0 aliphatic rings. The van der Waals surface area contributed by atoms with Gasteiger partial charge in [0, 0.05) is 24.4 Å². The quantitative estimate of drug-likeness (QED) is 0.743. The fraction of sp³-hybridized carbons (Fsp3) is 0.214. The van der Waals surface area contributed by atoms with Crippen LogP contribution in [0.15, 0.2) is 12.1 Å². The van der Waals surface area contributed by atoms with Crippen molar-refractivity contribution in [2.45, 2.75) is 13.8 Å². The number of carbonyl (C=O) groups is 2. The molecule has 0 aliphatic carbocycles. The molecule has 3 aromatic heterocycles. The number of aromatic carboxylic acids is 2. The number of fused-ring (bicyclic) bond motifs is 1. The Morgan fingerprint density at radius 1 is 1.09 bits per heavy atom. The average Bonchev–Trinajstić information content (AvgIpc) is 2.99. The lowest BCUT2D eigenvalue weighted by atomic mass is 10.1. The molecule has 9 heteroatoms. The summed E-state index contributed by atoms with van der Waals surface area (Å²) in [5.74, 6) is -2.47. The highest BCUT2D eigenvalue weighted by atomic mass is 16.4. The van der Waals surface area contributed by atoms with Crippen molar-refractivity contribution in [1.82, 2.24) is 24.4 Å². The largest absolute Gasteiger partial charge is 0.477 e. The minimum absolute atomic E-state index is 0.153. The van der Waals surface area contributed by atoms with E-state index in [4.69, 9.17) is 5.11 Å². The van der Waals surface area contributed by atoms with Gasteiger partial charge in [-0.3, -0.25) is 4.68 Å². The van der Waals surface area contributed by atoms with Gasteiger partial charge in [-0.05, 0) is 19.9 Å². The third-order valence-corrected chi connectivity index (χ3v) is 3.63. The van der Waals surface area contributed by atoms with Crippen LogP contribution in [0.25, 0.3) is 16.9 Å². The van der Waals surface area contributed by atoms with Gasteiger partial charge in [-0.15, -0.1) is 0 Å². The van der Waals surface area contributed by atoms with Crippen LogP contribution in [0, 0.1) is 13.8 Å². The highest BCUT2D eigenvalue weighted by molar-refractivity contribution is 5.90. The molecule has 0 spiro atoms. The van der Waals surface area contributed by atoms with Crippen LogP contribution in [0.5, 0.6) is 0 Å². The van der Waals surface area contributed by atoms with Gasteiger partial charge in [-0.2, -0.15) is 10.2 Å². The Hall–Kier alpha value is -3.23. The van der Waals surface area contributed by atoms with E-state index in [1.165, 1.54) is 12.1 Å². The van der Waals surface area contributed by atoms with Crippen LogP contribution in [0.1, 0.15) is 32.4 Å². The molecule has 118 valence electrons. The highest BCUT2D eigenvalue weighted by Gasteiger charge is 2.20. The maximum absolute atomic E-state index is 11.5. The van der Waals surface area contributed by atoms with Crippen molar-refractivity contribution in [3.05, 3.63) is 34.9 Å². The molecule has 0 saturated carbocycles. The van der Waals surface area contributed by atoms with Crippen molar-refractivity contribution in [1.29, 1.82) is 0 Å². The van der Waals surface area contributed by atoms with Crippen LogP contribution < -0.4 is 0 Å². The van der Waals surface area contributed by atoms with Crippen molar-refractivity contribution < 1.29 is 19.8 Å². The summed E-state index contributed by atoms with van der Waals surface area (Å²) >= 11 is 0. The third kappa shape index (κ3) is 2.22. The molecule has 23 heavy (non-hydrogen) atoms. The third-order valence-electron chi connectivity index (χ3n) is 3.63. The molecule has 0 unspecified atom stereocenters. The van der Waals surface area contributed by atoms with Crippen LogP contribution in [0.3, 0.4) is 0 Å². The van der Waals surface area contributed by atoms with Gasteiger partial charge < -0.3 is 10.2 Å². The predicted molar refractivity (Wildman–Crippen MR) is 78.6 cm³/mol. The molecule has 0 amide bonds. The molecule has 0 aliphatic heterocycles. The van der Waals surface area contributed by atoms with Crippen LogP contribution in [0.4, 0.5) is 0 Å². The molecule has 3 rings (SSSR count). The number of carboxylic acids is 2. The number of rotatable bonds is 3. The monoisotopic (exact) mass is 315 g/mol. The predicted octanol–water partition coefficient (Wildman–Crippen LogP) is 1.14. The van der Waals surface area contributed by atoms with E-state index in [1.807, 2.05) is 6.92 Å². The highest BCUT2D eigenvalue weighted by Crippen LogP contribution is 2.26. The van der Waals surface area contributed by atoms with Gasteiger partial charge >= 0.3 is 11.9 Å². The van der Waals surface area contributed by atoms with E-state index in [9.17, 15) is 14.7 Å². The van der Waals surface area contributed by atoms with Crippen molar-refractivity contribution in [2.24, 2.45) is 7.05 Å².